The largest absolute Gasteiger partial charge is 0.465 e. The van der Waals surface area contributed by atoms with Crippen LogP contribution in [0.2, 0.25) is 0 Å². The fourth-order valence-electron chi connectivity index (χ4n) is 1.70. The lowest BCUT2D eigenvalue weighted by Crippen LogP contribution is -2.34. The Labute approximate surface area is 99.6 Å². The molecule has 1 fully saturated rings. The molecule has 0 aliphatic carbocycles. The Morgan fingerprint density at radius 2 is 2.06 bits per heavy atom. The van der Waals surface area contributed by atoms with Crippen LogP contribution in [0.1, 0.15) is 34.6 Å². The van der Waals surface area contributed by atoms with Crippen LogP contribution in [0.15, 0.2) is 0 Å². The van der Waals surface area contributed by atoms with Gasteiger partial charge in [0.1, 0.15) is 6.04 Å². The van der Waals surface area contributed by atoms with Crippen LogP contribution in [0, 0.1) is 0 Å². The Bertz CT molecular complexity index is 298. The van der Waals surface area contributed by atoms with E-state index in [-0.39, 0.29) is 28.0 Å². The molecule has 4 atom stereocenters. The Kier molecular flexibility index (Phi) is 4.12. The second-order valence-electron chi connectivity index (χ2n) is 5.04. The van der Waals surface area contributed by atoms with Gasteiger partial charge in [0.05, 0.1) is 6.61 Å². The summed E-state index contributed by atoms with van der Waals surface area (Å²) in [6.45, 7) is 9.93. The molecule has 94 valence electrons. The summed E-state index contributed by atoms with van der Waals surface area (Å²) >= 11 is 0. The van der Waals surface area contributed by atoms with E-state index in [1.165, 1.54) is 0 Å². The molecule has 1 aliphatic heterocycles. The van der Waals surface area contributed by atoms with Crippen molar-refractivity contribution in [1.29, 1.82) is 0 Å². The zero-order valence-electron chi connectivity index (χ0n) is 10.6. The van der Waals surface area contributed by atoms with Crippen molar-refractivity contribution >= 4 is 16.8 Å². The average molecular weight is 247 g/mol. The molecule has 1 saturated heterocycles. The van der Waals surface area contributed by atoms with Crippen LogP contribution in [0.5, 0.6) is 0 Å². The highest BCUT2D eigenvalue weighted by molar-refractivity contribution is 7.87. The summed E-state index contributed by atoms with van der Waals surface area (Å²) in [6.07, 6.45) is 0. The van der Waals surface area contributed by atoms with Gasteiger partial charge < -0.3 is 4.74 Å². The zero-order valence-corrected chi connectivity index (χ0v) is 11.4. The molecule has 1 aliphatic rings. The molecule has 0 bridgehead atoms. The first-order chi connectivity index (χ1) is 7.29. The highest BCUT2D eigenvalue weighted by atomic mass is 32.2. The maximum atomic E-state index is 12.1. The molecule has 16 heavy (non-hydrogen) atoms. The fraction of sp³-hybridized carbons (Fsp3) is 0.909. The van der Waals surface area contributed by atoms with Gasteiger partial charge in [0.15, 0.2) is 0 Å². The molecule has 0 aromatic heterocycles. The minimum absolute atomic E-state index is 0.000826. The number of esters is 1. The van der Waals surface area contributed by atoms with Crippen LogP contribution in [0.4, 0.5) is 0 Å². The third-order valence-corrected chi connectivity index (χ3v) is 4.79. The van der Waals surface area contributed by atoms with Gasteiger partial charge in [0.2, 0.25) is 0 Å². The zero-order chi connectivity index (χ0) is 12.5. The van der Waals surface area contributed by atoms with Crippen molar-refractivity contribution in [3.8, 4) is 0 Å². The molecule has 2 unspecified atom stereocenters. The minimum Gasteiger partial charge on any atom is -0.465 e. The lowest BCUT2D eigenvalue weighted by molar-refractivity contribution is -0.142. The summed E-state index contributed by atoms with van der Waals surface area (Å²) in [7, 11) is -0.961. The van der Waals surface area contributed by atoms with Crippen LogP contribution in [-0.2, 0) is 20.3 Å². The molecule has 1 heterocycles. The van der Waals surface area contributed by atoms with Gasteiger partial charge in [0, 0.05) is 26.8 Å². The standard InChI is InChI=1S/C11H21NO3S/c1-6-15-10(13)9-8(12-9)7(2)16(14)11(3,4)5/h7-9,12H,6H2,1-5H3/t7?,8-,9+,16?/m0/s1. The van der Waals surface area contributed by atoms with Gasteiger partial charge in [-0.3, -0.25) is 14.3 Å². The van der Waals surface area contributed by atoms with Crippen molar-refractivity contribution in [2.75, 3.05) is 6.61 Å². The monoisotopic (exact) mass is 247 g/mol. The van der Waals surface area contributed by atoms with Crippen molar-refractivity contribution in [2.24, 2.45) is 0 Å². The highest BCUT2D eigenvalue weighted by Gasteiger charge is 2.49. The van der Waals surface area contributed by atoms with Gasteiger partial charge in [-0.2, -0.15) is 0 Å². The lowest BCUT2D eigenvalue weighted by Gasteiger charge is -2.22. The molecule has 0 saturated carbocycles. The van der Waals surface area contributed by atoms with E-state index < -0.39 is 10.8 Å². The SMILES string of the molecule is CCOC(=O)[C@@H]1N[C@H]1C(C)S(=O)C(C)(C)C. The molecule has 5 heteroatoms. The maximum absolute atomic E-state index is 12.1. The first kappa shape index (κ1) is 13.6. The first-order valence-electron chi connectivity index (χ1n) is 5.62. The van der Waals surface area contributed by atoms with Crippen molar-refractivity contribution in [3.05, 3.63) is 0 Å². The van der Waals surface area contributed by atoms with E-state index in [1.54, 1.807) is 6.92 Å². The molecule has 1 rings (SSSR count). The number of hydrogen-bond acceptors (Lipinski definition) is 4. The molecule has 4 nitrogen and oxygen atoms in total. The Balaban J connectivity index is 2.51. The normalized spacial score (nSPS) is 28.3. The Morgan fingerprint density at radius 1 is 1.50 bits per heavy atom. The average Bonchev–Trinajstić information content (AvgIpc) is 2.94. The molecular weight excluding hydrogens is 226 g/mol. The summed E-state index contributed by atoms with van der Waals surface area (Å²) in [5.74, 6) is -0.231. The van der Waals surface area contributed by atoms with E-state index in [0.717, 1.165) is 0 Å². The predicted molar refractivity (Wildman–Crippen MR) is 64.7 cm³/mol. The number of hydrogen-bond donors (Lipinski definition) is 1. The second kappa shape index (κ2) is 4.84. The number of nitrogens with one attached hydrogen (secondary N) is 1. The number of ether oxygens (including phenoxy) is 1. The number of rotatable bonds is 4. The van der Waals surface area contributed by atoms with Crippen molar-refractivity contribution in [2.45, 2.75) is 56.7 Å². The summed E-state index contributed by atoms with van der Waals surface area (Å²) in [5, 5.41) is 3.01. The molecule has 0 aromatic carbocycles. The Hall–Kier alpha value is -0.420. The van der Waals surface area contributed by atoms with Gasteiger partial charge in [-0.25, -0.2) is 0 Å². The molecule has 0 spiro atoms. The summed E-state index contributed by atoms with van der Waals surface area (Å²) in [5.41, 5.74) is 0. The van der Waals surface area contributed by atoms with Gasteiger partial charge in [-0.15, -0.1) is 0 Å². The third-order valence-electron chi connectivity index (χ3n) is 2.61. The van der Waals surface area contributed by atoms with E-state index in [9.17, 15) is 9.00 Å². The van der Waals surface area contributed by atoms with E-state index >= 15 is 0 Å². The second-order valence-corrected chi connectivity index (χ2v) is 7.60. The quantitative estimate of drug-likeness (QED) is 0.590. The predicted octanol–water partition coefficient (Wildman–Crippen LogP) is 0.826. The van der Waals surface area contributed by atoms with E-state index in [1.807, 2.05) is 27.7 Å². The van der Waals surface area contributed by atoms with Crippen LogP contribution in [0.25, 0.3) is 0 Å². The van der Waals surface area contributed by atoms with Crippen LogP contribution in [-0.4, -0.2) is 38.9 Å². The van der Waals surface area contributed by atoms with Crippen molar-refractivity contribution in [1.82, 2.24) is 5.32 Å². The highest BCUT2D eigenvalue weighted by Crippen LogP contribution is 2.25. The summed E-state index contributed by atoms with van der Waals surface area (Å²) in [6, 6.07) is -0.264. The van der Waals surface area contributed by atoms with Crippen LogP contribution in [0.3, 0.4) is 0 Å². The third kappa shape index (κ3) is 3.04. The van der Waals surface area contributed by atoms with E-state index in [4.69, 9.17) is 4.74 Å². The lowest BCUT2D eigenvalue weighted by atomic mass is 10.2. The Morgan fingerprint density at radius 3 is 2.50 bits per heavy atom. The maximum Gasteiger partial charge on any atom is 0.324 e. The van der Waals surface area contributed by atoms with Gasteiger partial charge in [-0.1, -0.05) is 0 Å². The fourth-order valence-corrected chi connectivity index (χ4v) is 3.31. The van der Waals surface area contributed by atoms with E-state index in [2.05, 4.69) is 5.32 Å². The number of carbonyl (C=O) groups excluding carboxylic acids is 1. The first-order valence-corrected chi connectivity index (χ1v) is 6.83. The summed E-state index contributed by atoms with van der Waals surface area (Å²) in [4.78, 5) is 11.4. The molecule has 0 amide bonds. The molecule has 0 radical (unpaired) electrons. The van der Waals surface area contributed by atoms with Gasteiger partial charge >= 0.3 is 5.97 Å². The van der Waals surface area contributed by atoms with Crippen molar-refractivity contribution < 1.29 is 13.7 Å². The molecule has 0 aromatic rings. The van der Waals surface area contributed by atoms with E-state index in [0.29, 0.717) is 6.61 Å². The number of carbonyl (C=O) groups is 1. The van der Waals surface area contributed by atoms with Gasteiger partial charge in [-0.05, 0) is 34.6 Å². The topological polar surface area (TPSA) is 65.3 Å². The molecular formula is C11H21NO3S. The summed E-state index contributed by atoms with van der Waals surface area (Å²) < 4.78 is 16.8. The minimum atomic E-state index is -0.961. The van der Waals surface area contributed by atoms with Crippen molar-refractivity contribution in [3.63, 3.8) is 0 Å². The van der Waals surface area contributed by atoms with Gasteiger partial charge in [0.25, 0.3) is 0 Å². The molecule has 1 N–H and O–H groups in total. The smallest absolute Gasteiger partial charge is 0.324 e. The van der Waals surface area contributed by atoms with Crippen LogP contribution >= 0.6 is 0 Å². The van der Waals surface area contributed by atoms with Crippen LogP contribution < -0.4 is 5.32 Å².